The summed E-state index contributed by atoms with van der Waals surface area (Å²) >= 11 is 0. The number of halogens is 3. The van der Waals surface area contributed by atoms with Crippen molar-refractivity contribution in [2.75, 3.05) is 26.2 Å². The molecule has 0 aromatic heterocycles. The van der Waals surface area contributed by atoms with Crippen molar-refractivity contribution in [2.24, 2.45) is 5.92 Å². The summed E-state index contributed by atoms with van der Waals surface area (Å²) in [5.74, 6) is -0.0875. The van der Waals surface area contributed by atoms with Crippen molar-refractivity contribution in [3.63, 3.8) is 0 Å². The molecule has 1 saturated heterocycles. The Morgan fingerprint density at radius 3 is 2.04 bits per heavy atom. The Labute approximate surface area is 138 Å². The fourth-order valence-corrected chi connectivity index (χ4v) is 3.23. The first kappa shape index (κ1) is 16.8. The molecule has 0 N–H and O–H groups in total. The number of carbonyl (C=O) groups excluding carboxylic acids is 2. The van der Waals surface area contributed by atoms with Crippen LogP contribution in [0.1, 0.15) is 30.4 Å². The van der Waals surface area contributed by atoms with Crippen LogP contribution in [0.4, 0.5) is 13.2 Å². The van der Waals surface area contributed by atoms with E-state index in [1.807, 2.05) is 0 Å². The summed E-state index contributed by atoms with van der Waals surface area (Å²) in [6.07, 6.45) is -3.66. The highest BCUT2D eigenvalue weighted by molar-refractivity contribution is 5.83. The summed E-state index contributed by atoms with van der Waals surface area (Å²) in [5, 5.41) is 0. The van der Waals surface area contributed by atoms with Crippen LogP contribution in [0, 0.1) is 5.92 Å². The highest BCUT2D eigenvalue weighted by atomic mass is 19.4. The zero-order valence-electron chi connectivity index (χ0n) is 13.3. The molecule has 1 aromatic carbocycles. The molecular formula is C17H19F3N2O2. The Kier molecular flexibility index (Phi) is 4.27. The highest BCUT2D eigenvalue weighted by Crippen LogP contribution is 2.49. The van der Waals surface area contributed by atoms with Gasteiger partial charge < -0.3 is 9.80 Å². The number of benzene rings is 1. The maximum atomic E-state index is 12.6. The van der Waals surface area contributed by atoms with Gasteiger partial charge in [0.2, 0.25) is 11.8 Å². The maximum Gasteiger partial charge on any atom is 0.416 e. The monoisotopic (exact) mass is 340 g/mol. The Morgan fingerprint density at radius 2 is 1.54 bits per heavy atom. The van der Waals surface area contributed by atoms with E-state index in [2.05, 4.69) is 0 Å². The average Bonchev–Trinajstić information content (AvgIpc) is 3.34. The van der Waals surface area contributed by atoms with Gasteiger partial charge in [-0.15, -0.1) is 0 Å². The van der Waals surface area contributed by atoms with E-state index in [0.29, 0.717) is 32.6 Å². The quantitative estimate of drug-likeness (QED) is 0.830. The SMILES string of the molecule is CC(=O)N1CCN(C(=O)C2CC2c2ccc(C(F)(F)F)cc2)CC1. The number of nitrogens with zero attached hydrogens (tertiary/aromatic N) is 2. The molecule has 2 fully saturated rings. The van der Waals surface area contributed by atoms with Gasteiger partial charge in [-0.05, 0) is 30.0 Å². The predicted molar refractivity (Wildman–Crippen MR) is 81.1 cm³/mol. The average molecular weight is 340 g/mol. The fourth-order valence-electron chi connectivity index (χ4n) is 3.23. The molecule has 24 heavy (non-hydrogen) atoms. The van der Waals surface area contributed by atoms with E-state index in [-0.39, 0.29) is 23.7 Å². The Hall–Kier alpha value is -2.05. The first-order valence-electron chi connectivity index (χ1n) is 7.99. The van der Waals surface area contributed by atoms with Crippen LogP contribution in [0.15, 0.2) is 24.3 Å². The number of carbonyl (C=O) groups is 2. The van der Waals surface area contributed by atoms with Gasteiger partial charge in [-0.2, -0.15) is 13.2 Å². The van der Waals surface area contributed by atoms with Crippen LogP contribution < -0.4 is 0 Å². The van der Waals surface area contributed by atoms with Gasteiger partial charge in [0, 0.05) is 39.0 Å². The minimum absolute atomic E-state index is 0.00520. The van der Waals surface area contributed by atoms with Crippen LogP contribution in [-0.4, -0.2) is 47.8 Å². The molecule has 1 aliphatic heterocycles. The van der Waals surface area contributed by atoms with Gasteiger partial charge in [0.1, 0.15) is 0 Å². The molecular weight excluding hydrogens is 321 g/mol. The molecule has 0 bridgehead atoms. The van der Waals surface area contributed by atoms with Crippen molar-refractivity contribution < 1.29 is 22.8 Å². The molecule has 2 amide bonds. The van der Waals surface area contributed by atoms with Gasteiger partial charge in [-0.25, -0.2) is 0 Å². The number of piperazine rings is 1. The van der Waals surface area contributed by atoms with Crippen molar-refractivity contribution in [1.29, 1.82) is 0 Å². The summed E-state index contributed by atoms with van der Waals surface area (Å²) in [5.41, 5.74) is 0.110. The first-order valence-corrected chi connectivity index (χ1v) is 7.99. The number of amides is 2. The number of hydrogen-bond acceptors (Lipinski definition) is 2. The minimum Gasteiger partial charge on any atom is -0.339 e. The summed E-state index contributed by atoms with van der Waals surface area (Å²) in [6, 6.07) is 5.07. The lowest BCUT2D eigenvalue weighted by molar-refractivity contribution is -0.139. The topological polar surface area (TPSA) is 40.6 Å². The van der Waals surface area contributed by atoms with Crippen molar-refractivity contribution in [1.82, 2.24) is 9.80 Å². The van der Waals surface area contributed by atoms with Crippen molar-refractivity contribution in [3.05, 3.63) is 35.4 Å². The predicted octanol–water partition coefficient (Wildman–Crippen LogP) is 2.50. The van der Waals surface area contributed by atoms with E-state index in [4.69, 9.17) is 0 Å². The standard InChI is InChI=1S/C17H19F3N2O2/c1-11(23)21-6-8-22(9-7-21)16(24)15-10-14(15)12-2-4-13(5-3-12)17(18,19)20/h2-5,14-15H,6-10H2,1H3. The van der Waals surface area contributed by atoms with Crippen LogP contribution in [0.25, 0.3) is 0 Å². The van der Waals surface area contributed by atoms with E-state index in [0.717, 1.165) is 17.7 Å². The van der Waals surface area contributed by atoms with E-state index in [9.17, 15) is 22.8 Å². The van der Waals surface area contributed by atoms with Gasteiger partial charge >= 0.3 is 6.18 Å². The minimum atomic E-state index is -4.34. The number of rotatable bonds is 2. The van der Waals surface area contributed by atoms with Crippen molar-refractivity contribution in [3.8, 4) is 0 Å². The van der Waals surface area contributed by atoms with E-state index >= 15 is 0 Å². The lowest BCUT2D eigenvalue weighted by Crippen LogP contribution is -2.50. The Balaban J connectivity index is 1.57. The second-order valence-electron chi connectivity index (χ2n) is 6.40. The second-order valence-corrected chi connectivity index (χ2v) is 6.40. The third kappa shape index (κ3) is 3.39. The van der Waals surface area contributed by atoms with Crippen LogP contribution >= 0.6 is 0 Å². The number of hydrogen-bond donors (Lipinski definition) is 0. The first-order chi connectivity index (χ1) is 11.3. The smallest absolute Gasteiger partial charge is 0.339 e. The van der Waals surface area contributed by atoms with Gasteiger partial charge in [0.05, 0.1) is 5.56 Å². The van der Waals surface area contributed by atoms with Gasteiger partial charge in [-0.3, -0.25) is 9.59 Å². The van der Waals surface area contributed by atoms with Crippen molar-refractivity contribution in [2.45, 2.75) is 25.4 Å². The van der Waals surface area contributed by atoms with Crippen molar-refractivity contribution >= 4 is 11.8 Å². The molecule has 1 aromatic rings. The summed E-state index contributed by atoms with van der Waals surface area (Å²) in [4.78, 5) is 27.3. The highest BCUT2D eigenvalue weighted by Gasteiger charge is 2.46. The zero-order valence-corrected chi connectivity index (χ0v) is 13.3. The van der Waals surface area contributed by atoms with Crippen LogP contribution in [0.3, 0.4) is 0 Å². The summed E-state index contributed by atoms with van der Waals surface area (Å²) in [6.45, 7) is 3.64. The van der Waals surface area contributed by atoms with E-state index < -0.39 is 11.7 Å². The van der Waals surface area contributed by atoms with Crippen LogP contribution in [0.5, 0.6) is 0 Å². The lowest BCUT2D eigenvalue weighted by Gasteiger charge is -2.34. The van der Waals surface area contributed by atoms with Crippen LogP contribution in [-0.2, 0) is 15.8 Å². The molecule has 2 atom stereocenters. The van der Waals surface area contributed by atoms with E-state index in [1.54, 1.807) is 9.80 Å². The normalized spacial score (nSPS) is 24.0. The largest absolute Gasteiger partial charge is 0.416 e. The maximum absolute atomic E-state index is 12.6. The molecule has 0 radical (unpaired) electrons. The third-order valence-electron chi connectivity index (χ3n) is 4.81. The van der Waals surface area contributed by atoms with Gasteiger partial charge in [-0.1, -0.05) is 12.1 Å². The lowest BCUT2D eigenvalue weighted by atomic mass is 10.1. The molecule has 4 nitrogen and oxygen atoms in total. The molecule has 0 spiro atoms. The number of alkyl halides is 3. The zero-order chi connectivity index (χ0) is 17.5. The molecule has 7 heteroatoms. The Bertz CT molecular complexity index is 634. The van der Waals surface area contributed by atoms with Gasteiger partial charge in [0.25, 0.3) is 0 Å². The molecule has 1 heterocycles. The second kappa shape index (κ2) is 6.11. The Morgan fingerprint density at radius 1 is 1.00 bits per heavy atom. The summed E-state index contributed by atoms with van der Waals surface area (Å²) < 4.78 is 37.8. The van der Waals surface area contributed by atoms with Gasteiger partial charge in [0.15, 0.2) is 0 Å². The molecule has 1 saturated carbocycles. The van der Waals surface area contributed by atoms with Crippen LogP contribution in [0.2, 0.25) is 0 Å². The third-order valence-corrected chi connectivity index (χ3v) is 4.81. The molecule has 3 rings (SSSR count). The molecule has 2 aliphatic rings. The molecule has 2 unspecified atom stereocenters. The fraction of sp³-hybridized carbons (Fsp3) is 0.529. The van der Waals surface area contributed by atoms with E-state index in [1.165, 1.54) is 19.1 Å². The molecule has 1 aliphatic carbocycles. The molecule has 130 valence electrons. The summed E-state index contributed by atoms with van der Waals surface area (Å²) in [7, 11) is 0.